The van der Waals surface area contributed by atoms with Gasteiger partial charge < -0.3 is 14.5 Å². The Labute approximate surface area is 149 Å². The standard InChI is InChI=1S/C18H29N5O2/c1-18(2,3)15-5-6-16(20-19-15)23-11-14(12-23)21(4)7-8-22-9-10-25-13-17(22)24/h5-6,14H,7-13H2,1-4H3. The first-order chi connectivity index (χ1) is 11.8. The summed E-state index contributed by atoms with van der Waals surface area (Å²) >= 11 is 0. The first-order valence-electron chi connectivity index (χ1n) is 8.99. The molecular formula is C18H29N5O2. The highest BCUT2D eigenvalue weighted by Gasteiger charge is 2.31. The Morgan fingerprint density at radius 1 is 1.28 bits per heavy atom. The molecule has 7 nitrogen and oxygen atoms in total. The van der Waals surface area contributed by atoms with Crippen molar-refractivity contribution in [3.8, 4) is 0 Å². The van der Waals surface area contributed by atoms with E-state index in [1.165, 1.54) is 0 Å². The van der Waals surface area contributed by atoms with Crippen molar-refractivity contribution in [2.75, 3.05) is 57.9 Å². The van der Waals surface area contributed by atoms with Crippen molar-refractivity contribution in [2.45, 2.75) is 32.2 Å². The van der Waals surface area contributed by atoms with Crippen LogP contribution in [0.1, 0.15) is 26.5 Å². The summed E-state index contributed by atoms with van der Waals surface area (Å²) in [5, 5.41) is 8.75. The molecule has 1 aromatic rings. The molecule has 0 unspecified atom stereocenters. The summed E-state index contributed by atoms with van der Waals surface area (Å²) in [7, 11) is 2.13. The van der Waals surface area contributed by atoms with Crippen molar-refractivity contribution >= 4 is 11.7 Å². The number of aromatic nitrogens is 2. The van der Waals surface area contributed by atoms with Crippen LogP contribution in [-0.2, 0) is 14.9 Å². The lowest BCUT2D eigenvalue weighted by Gasteiger charge is -2.45. The summed E-state index contributed by atoms with van der Waals surface area (Å²) in [6.07, 6.45) is 0. The van der Waals surface area contributed by atoms with Crippen molar-refractivity contribution in [2.24, 2.45) is 0 Å². The van der Waals surface area contributed by atoms with Gasteiger partial charge in [-0.25, -0.2) is 0 Å². The zero-order chi connectivity index (χ0) is 18.0. The lowest BCUT2D eigenvalue weighted by atomic mass is 9.92. The van der Waals surface area contributed by atoms with Crippen LogP contribution < -0.4 is 4.90 Å². The molecule has 0 bridgehead atoms. The molecule has 1 aromatic heterocycles. The van der Waals surface area contributed by atoms with Gasteiger partial charge in [0, 0.05) is 44.2 Å². The minimum Gasteiger partial charge on any atom is -0.370 e. The summed E-state index contributed by atoms with van der Waals surface area (Å²) < 4.78 is 5.17. The Morgan fingerprint density at radius 3 is 2.64 bits per heavy atom. The molecule has 0 N–H and O–H groups in total. The van der Waals surface area contributed by atoms with Gasteiger partial charge >= 0.3 is 0 Å². The second-order valence-corrected chi connectivity index (χ2v) is 8.00. The molecular weight excluding hydrogens is 318 g/mol. The molecule has 2 aliphatic rings. The first kappa shape index (κ1) is 18.1. The zero-order valence-corrected chi connectivity index (χ0v) is 15.7. The van der Waals surface area contributed by atoms with E-state index in [2.05, 4.69) is 59.9 Å². The minimum absolute atomic E-state index is 0.0279. The van der Waals surface area contributed by atoms with Gasteiger partial charge in [-0.05, 0) is 19.2 Å². The van der Waals surface area contributed by atoms with Gasteiger partial charge in [0.2, 0.25) is 5.91 Å². The molecule has 0 saturated carbocycles. The third kappa shape index (κ3) is 4.27. The van der Waals surface area contributed by atoms with Crippen LogP contribution in [0.25, 0.3) is 0 Å². The predicted molar refractivity (Wildman–Crippen MR) is 96.8 cm³/mol. The molecule has 0 aromatic carbocycles. The van der Waals surface area contributed by atoms with Crippen LogP contribution in [0.2, 0.25) is 0 Å². The molecule has 2 saturated heterocycles. The molecule has 7 heteroatoms. The van der Waals surface area contributed by atoms with Gasteiger partial charge in [0.05, 0.1) is 12.3 Å². The largest absolute Gasteiger partial charge is 0.370 e. The highest BCUT2D eigenvalue weighted by atomic mass is 16.5. The molecule has 2 aliphatic heterocycles. The Kier molecular flexibility index (Phi) is 5.24. The van der Waals surface area contributed by atoms with Crippen molar-refractivity contribution in [1.29, 1.82) is 0 Å². The third-order valence-electron chi connectivity index (χ3n) is 5.03. The molecule has 3 rings (SSSR count). The van der Waals surface area contributed by atoms with Gasteiger partial charge in [0.15, 0.2) is 5.82 Å². The van der Waals surface area contributed by atoms with Crippen molar-refractivity contribution in [1.82, 2.24) is 20.0 Å². The number of anilines is 1. The molecule has 25 heavy (non-hydrogen) atoms. The average Bonchev–Trinajstić information content (AvgIpc) is 2.52. The zero-order valence-electron chi connectivity index (χ0n) is 15.7. The fourth-order valence-electron chi connectivity index (χ4n) is 3.06. The second-order valence-electron chi connectivity index (χ2n) is 8.00. The van der Waals surface area contributed by atoms with Gasteiger partial charge in [-0.1, -0.05) is 20.8 Å². The van der Waals surface area contributed by atoms with Gasteiger partial charge in [-0.3, -0.25) is 9.69 Å². The highest BCUT2D eigenvalue weighted by molar-refractivity contribution is 5.77. The molecule has 0 radical (unpaired) electrons. The minimum atomic E-state index is 0.0279. The van der Waals surface area contributed by atoms with Crippen LogP contribution in [0.15, 0.2) is 12.1 Å². The Hall–Kier alpha value is -1.73. The topological polar surface area (TPSA) is 61.8 Å². The van der Waals surface area contributed by atoms with E-state index in [1.807, 2.05) is 4.90 Å². The molecule has 2 fully saturated rings. The Bertz CT molecular complexity index is 592. The fraction of sp³-hybridized carbons (Fsp3) is 0.722. The predicted octanol–water partition coefficient (Wildman–Crippen LogP) is 0.753. The Morgan fingerprint density at radius 2 is 2.04 bits per heavy atom. The maximum Gasteiger partial charge on any atom is 0.248 e. The second kappa shape index (κ2) is 7.25. The van der Waals surface area contributed by atoms with Crippen LogP contribution >= 0.6 is 0 Å². The fourth-order valence-corrected chi connectivity index (χ4v) is 3.06. The van der Waals surface area contributed by atoms with E-state index in [9.17, 15) is 4.79 Å². The molecule has 138 valence electrons. The van der Waals surface area contributed by atoms with Crippen molar-refractivity contribution in [3.63, 3.8) is 0 Å². The monoisotopic (exact) mass is 347 g/mol. The number of rotatable bonds is 5. The number of hydrogen-bond donors (Lipinski definition) is 0. The molecule has 0 spiro atoms. The third-order valence-corrected chi connectivity index (χ3v) is 5.03. The van der Waals surface area contributed by atoms with E-state index < -0.39 is 0 Å². The summed E-state index contributed by atoms with van der Waals surface area (Å²) in [5.41, 5.74) is 1.04. The van der Waals surface area contributed by atoms with Gasteiger partial charge in [0.25, 0.3) is 0 Å². The van der Waals surface area contributed by atoms with E-state index in [0.717, 1.165) is 37.7 Å². The summed E-state index contributed by atoms with van der Waals surface area (Å²) in [6.45, 7) is 11.6. The quantitative estimate of drug-likeness (QED) is 0.783. The number of hydrogen-bond acceptors (Lipinski definition) is 6. The smallest absolute Gasteiger partial charge is 0.248 e. The number of likely N-dealkylation sites (N-methyl/N-ethyl adjacent to an activating group) is 1. The van der Waals surface area contributed by atoms with Gasteiger partial charge in [-0.2, -0.15) is 5.10 Å². The number of carbonyl (C=O) groups is 1. The first-order valence-corrected chi connectivity index (χ1v) is 8.99. The van der Waals surface area contributed by atoms with Gasteiger partial charge in [-0.15, -0.1) is 5.10 Å². The summed E-state index contributed by atoms with van der Waals surface area (Å²) in [6, 6.07) is 4.64. The molecule has 0 atom stereocenters. The SMILES string of the molecule is CN(CCN1CCOCC1=O)C1CN(c2ccc(C(C)(C)C)nn2)C1. The van der Waals surface area contributed by atoms with Crippen LogP contribution in [0.4, 0.5) is 5.82 Å². The van der Waals surface area contributed by atoms with Crippen LogP contribution in [0.3, 0.4) is 0 Å². The van der Waals surface area contributed by atoms with Crippen LogP contribution in [-0.4, -0.2) is 84.9 Å². The average molecular weight is 347 g/mol. The number of morpholine rings is 1. The van der Waals surface area contributed by atoms with E-state index in [4.69, 9.17) is 4.74 Å². The van der Waals surface area contributed by atoms with Crippen molar-refractivity contribution < 1.29 is 9.53 Å². The molecule has 1 amide bonds. The van der Waals surface area contributed by atoms with Crippen LogP contribution in [0.5, 0.6) is 0 Å². The summed E-state index contributed by atoms with van der Waals surface area (Å²) in [4.78, 5) is 18.2. The normalized spacial score (nSPS) is 19.5. The molecule has 3 heterocycles. The lowest BCUT2D eigenvalue weighted by Crippen LogP contribution is -2.60. The van der Waals surface area contributed by atoms with E-state index in [1.54, 1.807) is 0 Å². The lowest BCUT2D eigenvalue weighted by molar-refractivity contribution is -0.142. The number of nitrogens with zero attached hydrogens (tertiary/aromatic N) is 5. The van der Waals surface area contributed by atoms with E-state index in [0.29, 0.717) is 19.2 Å². The molecule has 0 aliphatic carbocycles. The van der Waals surface area contributed by atoms with E-state index in [-0.39, 0.29) is 17.9 Å². The number of amides is 1. The number of carbonyl (C=O) groups excluding carboxylic acids is 1. The maximum atomic E-state index is 11.8. The maximum absolute atomic E-state index is 11.8. The van der Waals surface area contributed by atoms with Crippen molar-refractivity contribution in [3.05, 3.63) is 17.8 Å². The van der Waals surface area contributed by atoms with E-state index >= 15 is 0 Å². The summed E-state index contributed by atoms with van der Waals surface area (Å²) in [5.74, 6) is 1.05. The van der Waals surface area contributed by atoms with Crippen LogP contribution in [0, 0.1) is 0 Å². The Balaban J connectivity index is 1.44. The van der Waals surface area contributed by atoms with Gasteiger partial charge in [0.1, 0.15) is 6.61 Å². The highest BCUT2D eigenvalue weighted by Crippen LogP contribution is 2.24. The number of ether oxygens (including phenoxy) is 1.